The number of carbonyl (C=O) groups is 2. The Bertz CT molecular complexity index is 587. The Morgan fingerprint density at radius 3 is 2.44 bits per heavy atom. The summed E-state index contributed by atoms with van der Waals surface area (Å²) < 4.78 is 0. The zero-order valence-corrected chi connectivity index (χ0v) is 16.8. The molecule has 7 heteroatoms. The molecule has 1 aromatic rings. The second-order valence-corrected chi connectivity index (χ2v) is 8.05. The van der Waals surface area contributed by atoms with E-state index in [0.717, 1.165) is 0 Å². The largest absolute Gasteiger partial charge is 0.367 e. The quantitative estimate of drug-likeness (QED) is 0.658. The predicted molar refractivity (Wildman–Crippen MR) is 106 cm³/mol. The van der Waals surface area contributed by atoms with Gasteiger partial charge in [0.1, 0.15) is 11.6 Å². The molecule has 2 amide bonds. The zero-order chi connectivity index (χ0) is 19.0. The van der Waals surface area contributed by atoms with Gasteiger partial charge in [0.05, 0.1) is 5.25 Å². The van der Waals surface area contributed by atoms with Crippen LogP contribution in [0.25, 0.3) is 0 Å². The summed E-state index contributed by atoms with van der Waals surface area (Å²) in [6.45, 7) is 10.1. The number of aromatic nitrogens is 1. The Labute approximate surface area is 154 Å². The molecule has 3 N–H and O–H groups in total. The SMILES string of the molecule is CCNC(=O)C(CC(C)Nc1cccc(NC(=O)C(C)(C)C)n1)SC. The molecular formula is C18H30N4O2S. The minimum absolute atomic E-state index is 0.0581. The molecule has 0 radical (unpaired) electrons. The van der Waals surface area contributed by atoms with Crippen molar-refractivity contribution in [1.29, 1.82) is 0 Å². The van der Waals surface area contributed by atoms with Gasteiger partial charge in [-0.15, -0.1) is 0 Å². The number of hydrogen-bond acceptors (Lipinski definition) is 5. The van der Waals surface area contributed by atoms with Crippen molar-refractivity contribution in [3.63, 3.8) is 0 Å². The average Bonchev–Trinajstić information content (AvgIpc) is 2.52. The highest BCUT2D eigenvalue weighted by Gasteiger charge is 2.22. The molecule has 2 unspecified atom stereocenters. The number of carbonyl (C=O) groups excluding carboxylic acids is 2. The van der Waals surface area contributed by atoms with Crippen molar-refractivity contribution < 1.29 is 9.59 Å². The standard InChI is InChI=1S/C18H30N4O2S/c1-7-19-16(23)13(25-6)11-12(2)20-14-9-8-10-15(21-14)22-17(24)18(3,4)5/h8-10,12-13H,7,11H2,1-6H3,(H,19,23)(H2,20,21,22,24). The second-order valence-electron chi connectivity index (χ2n) is 7.01. The molecule has 25 heavy (non-hydrogen) atoms. The third-order valence-corrected chi connectivity index (χ3v) is 4.54. The number of hydrogen-bond donors (Lipinski definition) is 3. The van der Waals surface area contributed by atoms with Gasteiger partial charge in [0.2, 0.25) is 11.8 Å². The van der Waals surface area contributed by atoms with Crippen molar-refractivity contribution in [3.8, 4) is 0 Å². The molecule has 2 atom stereocenters. The summed E-state index contributed by atoms with van der Waals surface area (Å²) in [5.41, 5.74) is -0.476. The van der Waals surface area contributed by atoms with Gasteiger partial charge in [-0.2, -0.15) is 11.8 Å². The first-order chi connectivity index (χ1) is 11.7. The molecule has 0 aliphatic carbocycles. The lowest BCUT2D eigenvalue weighted by atomic mass is 9.96. The molecule has 0 aromatic carbocycles. The Morgan fingerprint density at radius 1 is 1.24 bits per heavy atom. The number of thioether (sulfide) groups is 1. The normalized spacial score (nSPS) is 13.7. The highest BCUT2D eigenvalue weighted by atomic mass is 32.2. The molecule has 1 aromatic heterocycles. The maximum atomic E-state index is 12.1. The number of amides is 2. The van der Waals surface area contributed by atoms with E-state index in [0.29, 0.717) is 24.6 Å². The van der Waals surface area contributed by atoms with E-state index in [4.69, 9.17) is 0 Å². The maximum Gasteiger partial charge on any atom is 0.233 e. The van der Waals surface area contributed by atoms with Gasteiger partial charge in [0.25, 0.3) is 0 Å². The van der Waals surface area contributed by atoms with E-state index in [1.807, 2.05) is 53.0 Å². The van der Waals surface area contributed by atoms with Gasteiger partial charge in [0, 0.05) is 18.0 Å². The fourth-order valence-corrected chi connectivity index (χ4v) is 2.90. The average molecular weight is 367 g/mol. The van der Waals surface area contributed by atoms with E-state index in [1.165, 1.54) is 0 Å². The van der Waals surface area contributed by atoms with Gasteiger partial charge in [-0.25, -0.2) is 4.98 Å². The first kappa shape index (κ1) is 21.3. The van der Waals surface area contributed by atoms with Crippen LogP contribution >= 0.6 is 11.8 Å². The van der Waals surface area contributed by atoms with Crippen LogP contribution in [0.15, 0.2) is 18.2 Å². The number of pyridine rings is 1. The van der Waals surface area contributed by atoms with Crippen LogP contribution in [0.4, 0.5) is 11.6 Å². The summed E-state index contributed by atoms with van der Waals surface area (Å²) in [5, 5.41) is 8.88. The van der Waals surface area contributed by atoms with Gasteiger partial charge in [-0.1, -0.05) is 26.8 Å². The lowest BCUT2D eigenvalue weighted by Crippen LogP contribution is -2.35. The molecule has 6 nitrogen and oxygen atoms in total. The van der Waals surface area contributed by atoms with Crippen molar-refractivity contribution in [3.05, 3.63) is 18.2 Å². The van der Waals surface area contributed by atoms with Crippen LogP contribution in [0, 0.1) is 5.41 Å². The fourth-order valence-electron chi connectivity index (χ4n) is 2.12. The third-order valence-electron chi connectivity index (χ3n) is 3.56. The molecular weight excluding hydrogens is 336 g/mol. The smallest absolute Gasteiger partial charge is 0.233 e. The minimum atomic E-state index is -0.476. The molecule has 0 bridgehead atoms. The van der Waals surface area contributed by atoms with Crippen molar-refractivity contribution in [2.75, 3.05) is 23.4 Å². The number of anilines is 2. The Hall–Kier alpha value is -1.76. The first-order valence-corrected chi connectivity index (χ1v) is 9.81. The number of rotatable bonds is 8. The summed E-state index contributed by atoms with van der Waals surface area (Å²) in [6.07, 6.45) is 2.63. The van der Waals surface area contributed by atoms with E-state index < -0.39 is 5.41 Å². The van der Waals surface area contributed by atoms with Gasteiger partial charge >= 0.3 is 0 Å². The monoisotopic (exact) mass is 366 g/mol. The van der Waals surface area contributed by atoms with Gasteiger partial charge in [-0.05, 0) is 38.7 Å². The van der Waals surface area contributed by atoms with Crippen LogP contribution in [0.2, 0.25) is 0 Å². The highest BCUT2D eigenvalue weighted by molar-refractivity contribution is 7.99. The van der Waals surface area contributed by atoms with E-state index >= 15 is 0 Å². The highest BCUT2D eigenvalue weighted by Crippen LogP contribution is 2.19. The van der Waals surface area contributed by atoms with Gasteiger partial charge < -0.3 is 16.0 Å². The van der Waals surface area contributed by atoms with E-state index in [9.17, 15) is 9.59 Å². The zero-order valence-electron chi connectivity index (χ0n) is 16.0. The van der Waals surface area contributed by atoms with Gasteiger partial charge in [-0.3, -0.25) is 9.59 Å². The van der Waals surface area contributed by atoms with Crippen LogP contribution in [0.5, 0.6) is 0 Å². The van der Waals surface area contributed by atoms with Crippen LogP contribution in [-0.4, -0.2) is 40.9 Å². The van der Waals surface area contributed by atoms with E-state index in [-0.39, 0.29) is 23.1 Å². The summed E-state index contributed by atoms with van der Waals surface area (Å²) in [7, 11) is 0. The molecule has 1 rings (SSSR count). The van der Waals surface area contributed by atoms with E-state index in [1.54, 1.807) is 17.8 Å². The minimum Gasteiger partial charge on any atom is -0.367 e. The van der Waals surface area contributed by atoms with Crippen LogP contribution in [0.3, 0.4) is 0 Å². The Balaban J connectivity index is 2.68. The second kappa shape index (κ2) is 9.65. The topological polar surface area (TPSA) is 83.1 Å². The van der Waals surface area contributed by atoms with Gasteiger partial charge in [0.15, 0.2) is 0 Å². The molecule has 0 aliphatic rings. The number of nitrogens with zero attached hydrogens (tertiary/aromatic N) is 1. The van der Waals surface area contributed by atoms with Crippen molar-refractivity contribution >= 4 is 35.2 Å². The molecule has 0 spiro atoms. The molecule has 0 fully saturated rings. The lowest BCUT2D eigenvalue weighted by Gasteiger charge is -2.21. The molecule has 0 saturated carbocycles. The first-order valence-electron chi connectivity index (χ1n) is 8.53. The molecule has 0 saturated heterocycles. The van der Waals surface area contributed by atoms with E-state index in [2.05, 4.69) is 20.9 Å². The van der Waals surface area contributed by atoms with Crippen LogP contribution in [0.1, 0.15) is 41.0 Å². The van der Waals surface area contributed by atoms with Crippen molar-refractivity contribution in [1.82, 2.24) is 10.3 Å². The number of nitrogens with one attached hydrogen (secondary N) is 3. The van der Waals surface area contributed by atoms with Crippen LogP contribution < -0.4 is 16.0 Å². The Morgan fingerprint density at radius 2 is 1.88 bits per heavy atom. The third kappa shape index (κ3) is 7.34. The maximum absolute atomic E-state index is 12.1. The van der Waals surface area contributed by atoms with Crippen molar-refractivity contribution in [2.24, 2.45) is 5.41 Å². The lowest BCUT2D eigenvalue weighted by molar-refractivity contribution is -0.123. The molecule has 1 heterocycles. The summed E-state index contributed by atoms with van der Waals surface area (Å²) in [4.78, 5) is 28.5. The molecule has 0 aliphatic heterocycles. The summed E-state index contributed by atoms with van der Waals surface area (Å²) in [6, 6.07) is 5.53. The molecule has 140 valence electrons. The Kier molecular flexibility index (Phi) is 8.22. The summed E-state index contributed by atoms with van der Waals surface area (Å²) in [5.74, 6) is 1.17. The van der Waals surface area contributed by atoms with Crippen molar-refractivity contribution in [2.45, 2.75) is 52.3 Å². The van der Waals surface area contributed by atoms with Crippen LogP contribution in [-0.2, 0) is 9.59 Å². The fraction of sp³-hybridized carbons (Fsp3) is 0.611. The predicted octanol–water partition coefficient (Wildman–Crippen LogP) is 3.12. The summed E-state index contributed by atoms with van der Waals surface area (Å²) >= 11 is 1.54.